The van der Waals surface area contributed by atoms with Gasteiger partial charge in [0.1, 0.15) is 12.1 Å². The molecule has 0 fully saturated rings. The van der Waals surface area contributed by atoms with Crippen LogP contribution in [0.1, 0.15) is 116 Å². The third kappa shape index (κ3) is 13.6. The fourth-order valence-electron chi connectivity index (χ4n) is 5.06. The number of rotatable bonds is 22. The van der Waals surface area contributed by atoms with Gasteiger partial charge >= 0.3 is 0 Å². The molecule has 2 rings (SSSR count). The standard InChI is InChI=1S/C38H54N6/c1-5-9-13-25-43(26-14-10-6-2)35-21-17-33(18-22-35)31-41-37(29-39)38(30-40)42-32-34-19-23-36(24-20-34)44(27-15-11-7-3)28-16-12-8-4/h17-24,31-32H,5-16,25-28H2,1-4H3/b38-37+,41-31?,42-32?. The Morgan fingerprint density at radius 1 is 0.523 bits per heavy atom. The summed E-state index contributed by atoms with van der Waals surface area (Å²) in [4.78, 5) is 13.6. The first-order valence-corrected chi connectivity index (χ1v) is 16.9. The van der Waals surface area contributed by atoms with E-state index >= 15 is 0 Å². The monoisotopic (exact) mass is 594 g/mol. The molecule has 0 radical (unpaired) electrons. The number of allylic oxidation sites excluding steroid dienone is 2. The summed E-state index contributed by atoms with van der Waals surface area (Å²) < 4.78 is 0. The van der Waals surface area contributed by atoms with E-state index in [0.29, 0.717) is 0 Å². The van der Waals surface area contributed by atoms with Crippen molar-refractivity contribution >= 4 is 23.8 Å². The lowest BCUT2D eigenvalue weighted by atomic mass is 10.1. The summed E-state index contributed by atoms with van der Waals surface area (Å²) in [5.41, 5.74) is 4.18. The SMILES string of the molecule is CCCCCN(CCCCC)c1ccc(C=N/C(C#N)=C(\C#N)N=Cc2ccc(N(CCCCC)CCCCC)cc2)cc1. The van der Waals surface area contributed by atoms with Gasteiger partial charge in [0.05, 0.1) is 0 Å². The topological polar surface area (TPSA) is 78.8 Å². The minimum atomic E-state index is 0.00299. The molecule has 0 saturated heterocycles. The smallest absolute Gasteiger partial charge is 0.176 e. The van der Waals surface area contributed by atoms with Gasteiger partial charge in [-0.1, -0.05) is 103 Å². The zero-order chi connectivity index (χ0) is 31.8. The minimum Gasteiger partial charge on any atom is -0.372 e. The first-order chi connectivity index (χ1) is 21.6. The molecule has 2 aromatic rings. The molecular formula is C38H54N6. The highest BCUT2D eigenvalue weighted by Gasteiger charge is 2.08. The van der Waals surface area contributed by atoms with E-state index in [0.717, 1.165) is 37.3 Å². The molecule has 2 aromatic carbocycles. The van der Waals surface area contributed by atoms with E-state index < -0.39 is 0 Å². The van der Waals surface area contributed by atoms with Gasteiger partial charge in [-0.15, -0.1) is 0 Å². The quantitative estimate of drug-likeness (QED) is 0.0772. The van der Waals surface area contributed by atoms with Crippen LogP contribution < -0.4 is 9.80 Å². The second-order valence-corrected chi connectivity index (χ2v) is 11.4. The van der Waals surface area contributed by atoms with Crippen molar-refractivity contribution in [2.24, 2.45) is 9.98 Å². The van der Waals surface area contributed by atoms with Crippen LogP contribution >= 0.6 is 0 Å². The van der Waals surface area contributed by atoms with Crippen LogP contribution in [-0.2, 0) is 0 Å². The molecule has 6 nitrogen and oxygen atoms in total. The Morgan fingerprint density at radius 3 is 1.07 bits per heavy atom. The number of hydrogen-bond donors (Lipinski definition) is 0. The lowest BCUT2D eigenvalue weighted by Gasteiger charge is -2.25. The maximum Gasteiger partial charge on any atom is 0.176 e. The van der Waals surface area contributed by atoms with E-state index in [1.54, 1.807) is 12.4 Å². The van der Waals surface area contributed by atoms with Gasteiger partial charge in [-0.25, -0.2) is 9.98 Å². The summed E-state index contributed by atoms with van der Waals surface area (Å²) in [6.45, 7) is 13.2. The van der Waals surface area contributed by atoms with Crippen LogP contribution in [0.3, 0.4) is 0 Å². The van der Waals surface area contributed by atoms with Crippen LogP contribution in [0.5, 0.6) is 0 Å². The van der Waals surface area contributed by atoms with Crippen molar-refractivity contribution in [3.8, 4) is 12.1 Å². The molecule has 236 valence electrons. The molecule has 0 saturated carbocycles. The predicted octanol–water partition coefficient (Wildman–Crippen LogP) is 9.86. The molecule has 0 aliphatic carbocycles. The number of anilines is 2. The van der Waals surface area contributed by atoms with Crippen LogP contribution in [0, 0.1) is 22.7 Å². The minimum absolute atomic E-state index is 0.00299. The lowest BCUT2D eigenvalue weighted by Crippen LogP contribution is -2.25. The average molecular weight is 595 g/mol. The van der Waals surface area contributed by atoms with E-state index in [4.69, 9.17) is 0 Å². The fraction of sp³-hybridized carbons (Fsp3) is 0.526. The second kappa shape index (κ2) is 22.6. The van der Waals surface area contributed by atoms with E-state index in [1.807, 2.05) is 36.4 Å². The van der Waals surface area contributed by atoms with Gasteiger partial charge in [0.2, 0.25) is 0 Å². The van der Waals surface area contributed by atoms with Crippen molar-refractivity contribution in [2.75, 3.05) is 36.0 Å². The summed E-state index contributed by atoms with van der Waals surface area (Å²) >= 11 is 0. The van der Waals surface area contributed by atoms with Crippen molar-refractivity contribution in [2.45, 2.75) is 105 Å². The molecule has 0 N–H and O–H groups in total. The third-order valence-corrected chi connectivity index (χ3v) is 7.76. The zero-order valence-electron chi connectivity index (χ0n) is 27.8. The highest BCUT2D eigenvalue weighted by Crippen LogP contribution is 2.19. The van der Waals surface area contributed by atoms with Gasteiger partial charge in [-0.3, -0.25) is 0 Å². The Kier molecular flexibility index (Phi) is 18.7. The summed E-state index contributed by atoms with van der Waals surface area (Å²) in [7, 11) is 0. The fourth-order valence-corrected chi connectivity index (χ4v) is 5.06. The summed E-state index contributed by atoms with van der Waals surface area (Å²) in [6, 6.07) is 20.7. The Morgan fingerprint density at radius 2 is 0.818 bits per heavy atom. The molecule has 0 aliphatic heterocycles. The molecule has 0 aliphatic rings. The normalized spacial score (nSPS) is 11.9. The maximum absolute atomic E-state index is 9.74. The van der Waals surface area contributed by atoms with Gasteiger partial charge in [-0.2, -0.15) is 10.5 Å². The Balaban J connectivity index is 2.13. The maximum atomic E-state index is 9.74. The van der Waals surface area contributed by atoms with Crippen molar-refractivity contribution in [3.63, 3.8) is 0 Å². The summed E-state index contributed by atoms with van der Waals surface area (Å²) in [5, 5.41) is 19.5. The molecule has 0 aromatic heterocycles. The van der Waals surface area contributed by atoms with Gasteiger partial charge in [0.15, 0.2) is 11.4 Å². The number of hydrogen-bond acceptors (Lipinski definition) is 6. The van der Waals surface area contributed by atoms with E-state index in [2.05, 4.69) is 71.7 Å². The molecule has 0 amide bonds. The summed E-state index contributed by atoms with van der Waals surface area (Å²) in [5.74, 6) is 0. The van der Waals surface area contributed by atoms with Crippen molar-refractivity contribution in [3.05, 3.63) is 71.1 Å². The van der Waals surface area contributed by atoms with E-state index in [9.17, 15) is 10.5 Å². The molecule has 0 bridgehead atoms. The zero-order valence-corrected chi connectivity index (χ0v) is 27.8. The third-order valence-electron chi connectivity index (χ3n) is 7.76. The first-order valence-electron chi connectivity index (χ1n) is 16.9. The van der Waals surface area contributed by atoms with Gasteiger partial charge in [0, 0.05) is 50.0 Å². The molecule has 0 heterocycles. The Bertz CT molecular complexity index is 1110. The number of unbranched alkanes of at least 4 members (excludes halogenated alkanes) is 8. The van der Waals surface area contributed by atoms with Crippen LogP contribution in [0.15, 0.2) is 69.9 Å². The molecule has 0 spiro atoms. The molecule has 44 heavy (non-hydrogen) atoms. The largest absolute Gasteiger partial charge is 0.372 e. The van der Waals surface area contributed by atoms with E-state index in [-0.39, 0.29) is 11.4 Å². The van der Waals surface area contributed by atoms with Gasteiger partial charge in [-0.05, 0) is 61.1 Å². The van der Waals surface area contributed by atoms with Crippen molar-refractivity contribution in [1.82, 2.24) is 0 Å². The second-order valence-electron chi connectivity index (χ2n) is 11.4. The van der Waals surface area contributed by atoms with Gasteiger partial charge < -0.3 is 9.80 Å². The van der Waals surface area contributed by atoms with Crippen LogP contribution in [0.4, 0.5) is 11.4 Å². The first kappa shape index (κ1) is 36.3. The van der Waals surface area contributed by atoms with Crippen molar-refractivity contribution < 1.29 is 0 Å². The number of nitriles is 2. The van der Waals surface area contributed by atoms with Crippen molar-refractivity contribution in [1.29, 1.82) is 10.5 Å². The molecular weight excluding hydrogens is 540 g/mol. The van der Waals surface area contributed by atoms with Crippen LogP contribution in [0.2, 0.25) is 0 Å². The van der Waals surface area contributed by atoms with Gasteiger partial charge in [0.25, 0.3) is 0 Å². The lowest BCUT2D eigenvalue weighted by molar-refractivity contribution is 0.636. The average Bonchev–Trinajstić information content (AvgIpc) is 3.05. The number of aliphatic imine (C=N–C) groups is 2. The number of nitrogens with zero attached hydrogens (tertiary/aromatic N) is 6. The Labute approximate surface area is 267 Å². The summed E-state index contributed by atoms with van der Waals surface area (Å²) in [6.07, 6.45) is 17.9. The number of benzene rings is 2. The highest BCUT2D eigenvalue weighted by molar-refractivity contribution is 5.83. The van der Waals surface area contributed by atoms with Crippen LogP contribution in [-0.4, -0.2) is 38.6 Å². The molecule has 0 unspecified atom stereocenters. The molecule has 6 heteroatoms. The van der Waals surface area contributed by atoms with E-state index in [1.165, 1.54) is 88.4 Å². The predicted molar refractivity (Wildman–Crippen MR) is 189 cm³/mol. The van der Waals surface area contributed by atoms with Crippen LogP contribution in [0.25, 0.3) is 0 Å². The Hall–Kier alpha value is -3.90. The molecule has 0 atom stereocenters. The highest BCUT2D eigenvalue weighted by atomic mass is 15.1.